The Kier molecular flexibility index (Phi) is 6.02. The Balaban J connectivity index is 1.16. The normalized spacial score (nSPS) is 12.1. The smallest absolute Gasteiger partial charge is 0.137 e. The Bertz CT molecular complexity index is 3450. The molecule has 3 aromatic heterocycles. The van der Waals surface area contributed by atoms with Gasteiger partial charge in [-0.1, -0.05) is 97.1 Å². The van der Waals surface area contributed by atoms with E-state index in [9.17, 15) is 0 Å². The van der Waals surface area contributed by atoms with Gasteiger partial charge in [-0.25, -0.2) is 0 Å². The maximum atomic E-state index is 6.44. The van der Waals surface area contributed by atoms with Crippen molar-refractivity contribution in [3.63, 3.8) is 0 Å². The SMILES string of the molecule is c1ccc(-n2c3ccc(N(c4ccc5c(c4)oc4ccccc45)c4cccc5ccccc45)cc3c3cc4ccc5oc6ccccc6c5c4cc32)cc1. The predicted octanol–water partition coefficient (Wildman–Crippen LogP) is 14.4. The summed E-state index contributed by atoms with van der Waals surface area (Å²) in [6.07, 6.45) is 0. The molecule has 3 heterocycles. The fourth-order valence-corrected chi connectivity index (χ4v) is 8.73. The van der Waals surface area contributed by atoms with Gasteiger partial charge in [-0.2, -0.15) is 0 Å². The summed E-state index contributed by atoms with van der Waals surface area (Å²) in [5.41, 5.74) is 10.2. The molecule has 252 valence electrons. The lowest BCUT2D eigenvalue weighted by Gasteiger charge is -2.27. The molecule has 12 rings (SSSR count). The van der Waals surface area contributed by atoms with E-state index in [2.05, 4.69) is 173 Å². The average Bonchev–Trinajstić information content (AvgIpc) is 3.89. The zero-order valence-electron chi connectivity index (χ0n) is 29.0. The molecule has 0 N–H and O–H groups in total. The van der Waals surface area contributed by atoms with Gasteiger partial charge in [0.05, 0.1) is 16.7 Å². The van der Waals surface area contributed by atoms with Crippen LogP contribution in [0, 0.1) is 0 Å². The highest BCUT2D eigenvalue weighted by Gasteiger charge is 2.21. The molecule has 0 aliphatic carbocycles. The minimum Gasteiger partial charge on any atom is -0.456 e. The predicted molar refractivity (Wildman–Crippen MR) is 225 cm³/mol. The summed E-state index contributed by atoms with van der Waals surface area (Å²) in [6, 6.07) is 65.0. The zero-order chi connectivity index (χ0) is 35.3. The summed E-state index contributed by atoms with van der Waals surface area (Å²) in [5.74, 6) is 0. The highest BCUT2D eigenvalue weighted by molar-refractivity contribution is 6.23. The number of hydrogen-bond acceptors (Lipinski definition) is 3. The minimum atomic E-state index is 0.866. The number of anilines is 3. The van der Waals surface area contributed by atoms with E-state index in [1.54, 1.807) is 0 Å². The number of benzene rings is 9. The molecule has 0 spiro atoms. The second-order valence-corrected chi connectivity index (χ2v) is 14.1. The van der Waals surface area contributed by atoms with Crippen LogP contribution in [0.1, 0.15) is 0 Å². The van der Waals surface area contributed by atoms with E-state index in [0.717, 1.165) is 77.7 Å². The number of para-hydroxylation sites is 3. The van der Waals surface area contributed by atoms with E-state index in [0.29, 0.717) is 0 Å². The van der Waals surface area contributed by atoms with Gasteiger partial charge in [0.15, 0.2) is 0 Å². The van der Waals surface area contributed by atoms with E-state index in [1.165, 1.54) is 32.3 Å². The Morgan fingerprint density at radius 3 is 1.91 bits per heavy atom. The molecule has 54 heavy (non-hydrogen) atoms. The van der Waals surface area contributed by atoms with Crippen molar-refractivity contribution in [3.05, 3.63) is 182 Å². The maximum absolute atomic E-state index is 6.44. The van der Waals surface area contributed by atoms with Crippen molar-refractivity contribution in [2.24, 2.45) is 0 Å². The molecule has 0 aliphatic heterocycles. The number of rotatable bonds is 4. The Labute approximate surface area is 309 Å². The van der Waals surface area contributed by atoms with Gasteiger partial charge in [0.2, 0.25) is 0 Å². The monoisotopic (exact) mass is 690 g/mol. The van der Waals surface area contributed by atoms with Crippen molar-refractivity contribution in [2.75, 3.05) is 4.90 Å². The van der Waals surface area contributed by atoms with E-state index >= 15 is 0 Å². The summed E-state index contributed by atoms with van der Waals surface area (Å²) in [7, 11) is 0. The number of fused-ring (bicyclic) bond motifs is 12. The fraction of sp³-hybridized carbons (Fsp3) is 0. The van der Waals surface area contributed by atoms with Gasteiger partial charge < -0.3 is 18.3 Å². The second-order valence-electron chi connectivity index (χ2n) is 14.1. The molecule has 0 aliphatic rings. The third-order valence-electron chi connectivity index (χ3n) is 11.1. The molecule has 0 radical (unpaired) electrons. The van der Waals surface area contributed by atoms with Gasteiger partial charge in [0, 0.05) is 60.8 Å². The van der Waals surface area contributed by atoms with Crippen LogP contribution < -0.4 is 4.90 Å². The summed E-state index contributed by atoms with van der Waals surface area (Å²) in [5, 5.41) is 11.6. The number of hydrogen-bond donors (Lipinski definition) is 0. The maximum Gasteiger partial charge on any atom is 0.137 e. The lowest BCUT2D eigenvalue weighted by molar-refractivity contribution is 0.668. The van der Waals surface area contributed by atoms with Crippen LogP contribution in [0.25, 0.3) is 92.9 Å². The van der Waals surface area contributed by atoms with Crippen LogP contribution in [0.3, 0.4) is 0 Å². The summed E-state index contributed by atoms with van der Waals surface area (Å²) in [6.45, 7) is 0. The Hall–Kier alpha value is -7.30. The van der Waals surface area contributed by atoms with Gasteiger partial charge in [-0.15, -0.1) is 0 Å². The summed E-state index contributed by atoms with van der Waals surface area (Å²) in [4.78, 5) is 2.38. The van der Waals surface area contributed by atoms with Crippen LogP contribution >= 0.6 is 0 Å². The van der Waals surface area contributed by atoms with E-state index < -0.39 is 0 Å². The van der Waals surface area contributed by atoms with E-state index in [-0.39, 0.29) is 0 Å². The van der Waals surface area contributed by atoms with Gasteiger partial charge in [-0.05, 0) is 95.0 Å². The van der Waals surface area contributed by atoms with Crippen molar-refractivity contribution in [1.82, 2.24) is 4.57 Å². The molecule has 0 saturated carbocycles. The lowest BCUT2D eigenvalue weighted by Crippen LogP contribution is -2.10. The topological polar surface area (TPSA) is 34.5 Å². The molecule has 0 unspecified atom stereocenters. The van der Waals surface area contributed by atoms with Crippen LogP contribution in [-0.4, -0.2) is 4.57 Å². The van der Waals surface area contributed by atoms with Crippen molar-refractivity contribution in [3.8, 4) is 5.69 Å². The molecule has 4 heteroatoms. The second kappa shape index (κ2) is 11.1. The van der Waals surface area contributed by atoms with Gasteiger partial charge in [0.25, 0.3) is 0 Å². The third kappa shape index (κ3) is 4.19. The molecule has 0 fully saturated rings. The molecule has 9 aromatic carbocycles. The number of nitrogens with zero attached hydrogens (tertiary/aromatic N) is 2. The quantitative estimate of drug-likeness (QED) is 0.184. The first-order valence-electron chi connectivity index (χ1n) is 18.3. The molecule has 0 bridgehead atoms. The molecule has 12 aromatic rings. The summed E-state index contributed by atoms with van der Waals surface area (Å²) < 4.78 is 15.2. The molecule has 4 nitrogen and oxygen atoms in total. The van der Waals surface area contributed by atoms with Crippen LogP contribution in [-0.2, 0) is 0 Å². The Morgan fingerprint density at radius 1 is 0.352 bits per heavy atom. The first-order valence-corrected chi connectivity index (χ1v) is 18.3. The third-order valence-corrected chi connectivity index (χ3v) is 11.1. The molecule has 0 saturated heterocycles. The average molecular weight is 691 g/mol. The molecular weight excluding hydrogens is 661 g/mol. The van der Waals surface area contributed by atoms with E-state index in [4.69, 9.17) is 8.83 Å². The van der Waals surface area contributed by atoms with Crippen molar-refractivity contribution < 1.29 is 8.83 Å². The summed E-state index contributed by atoms with van der Waals surface area (Å²) >= 11 is 0. The van der Waals surface area contributed by atoms with Crippen LogP contribution in [0.15, 0.2) is 191 Å². The van der Waals surface area contributed by atoms with Crippen LogP contribution in [0.4, 0.5) is 17.1 Å². The van der Waals surface area contributed by atoms with Gasteiger partial charge >= 0.3 is 0 Å². The Morgan fingerprint density at radius 2 is 1.02 bits per heavy atom. The molecule has 0 amide bonds. The molecular formula is C50H30N2O2. The van der Waals surface area contributed by atoms with E-state index in [1.807, 2.05) is 18.2 Å². The first-order chi connectivity index (χ1) is 26.8. The van der Waals surface area contributed by atoms with Crippen molar-refractivity contribution >= 4 is 104 Å². The number of furan rings is 2. The van der Waals surface area contributed by atoms with Gasteiger partial charge in [0.1, 0.15) is 22.3 Å². The molecule has 0 atom stereocenters. The van der Waals surface area contributed by atoms with Crippen molar-refractivity contribution in [1.29, 1.82) is 0 Å². The highest BCUT2D eigenvalue weighted by Crippen LogP contribution is 2.45. The van der Waals surface area contributed by atoms with Gasteiger partial charge in [-0.3, -0.25) is 0 Å². The van der Waals surface area contributed by atoms with Crippen LogP contribution in [0.2, 0.25) is 0 Å². The van der Waals surface area contributed by atoms with Crippen LogP contribution in [0.5, 0.6) is 0 Å². The lowest BCUT2D eigenvalue weighted by atomic mass is 10.0. The zero-order valence-corrected chi connectivity index (χ0v) is 29.0. The minimum absolute atomic E-state index is 0.866. The fourth-order valence-electron chi connectivity index (χ4n) is 8.73. The number of aromatic nitrogens is 1. The van der Waals surface area contributed by atoms with Crippen molar-refractivity contribution in [2.45, 2.75) is 0 Å². The standard InChI is InChI=1S/C50H30N2O2/c1-2-13-33(14-3-1)52-44-25-23-34(28-42(44)41-27-32-21-26-48-50(40(32)30-45(41)52)39-17-7-9-20-47(39)53-48)51(43-18-10-12-31-11-4-5-15-36(31)43)35-22-24-38-37-16-6-8-19-46(37)54-49(38)29-35/h1-30H. The highest BCUT2D eigenvalue weighted by atomic mass is 16.3. The first kappa shape index (κ1) is 29.3. The largest absolute Gasteiger partial charge is 0.456 e.